The van der Waals surface area contributed by atoms with Crippen molar-refractivity contribution in [3.05, 3.63) is 59.7 Å². The number of carbonyl (C=O) groups excluding carboxylic acids is 1. The lowest BCUT2D eigenvalue weighted by molar-refractivity contribution is -0.123. The maximum absolute atomic E-state index is 12.3. The number of nitriles is 1. The van der Waals surface area contributed by atoms with Crippen molar-refractivity contribution in [1.29, 1.82) is 5.26 Å². The van der Waals surface area contributed by atoms with Crippen molar-refractivity contribution in [1.82, 2.24) is 10.2 Å². The molecule has 2 aromatic carbocycles. The molecule has 1 N–H and O–H groups in total. The van der Waals surface area contributed by atoms with Gasteiger partial charge in [0.25, 0.3) is 5.91 Å². The van der Waals surface area contributed by atoms with Crippen molar-refractivity contribution in [2.45, 2.75) is 18.9 Å². The second-order valence-electron chi connectivity index (χ2n) is 6.73. The Bertz CT molecular complexity index is 824. The van der Waals surface area contributed by atoms with Crippen LogP contribution in [0.15, 0.2) is 48.5 Å². The number of likely N-dealkylation sites (tertiary alicyclic amines) is 1. The first kappa shape index (κ1) is 19.7. The zero-order chi connectivity index (χ0) is 19.8. The van der Waals surface area contributed by atoms with Crippen molar-refractivity contribution < 1.29 is 14.3 Å². The van der Waals surface area contributed by atoms with Crippen LogP contribution in [0.3, 0.4) is 0 Å². The first-order valence-corrected chi connectivity index (χ1v) is 9.48. The highest BCUT2D eigenvalue weighted by molar-refractivity contribution is 5.77. The van der Waals surface area contributed by atoms with Gasteiger partial charge in [-0.3, -0.25) is 9.69 Å². The maximum atomic E-state index is 12.3. The molecule has 1 fully saturated rings. The van der Waals surface area contributed by atoms with Gasteiger partial charge >= 0.3 is 0 Å². The van der Waals surface area contributed by atoms with E-state index in [0.29, 0.717) is 17.9 Å². The van der Waals surface area contributed by atoms with E-state index in [2.05, 4.69) is 16.3 Å². The lowest BCUT2D eigenvalue weighted by atomic mass is 10.1. The van der Waals surface area contributed by atoms with Crippen molar-refractivity contribution >= 4 is 5.91 Å². The average Bonchev–Trinajstić information content (AvgIpc) is 3.27. The molecule has 1 atom stereocenters. The molecule has 146 valence electrons. The fourth-order valence-corrected chi connectivity index (χ4v) is 3.43. The summed E-state index contributed by atoms with van der Waals surface area (Å²) < 4.78 is 10.8. The van der Waals surface area contributed by atoms with Crippen molar-refractivity contribution in [3.8, 4) is 17.6 Å². The zero-order valence-electron chi connectivity index (χ0n) is 16.1. The van der Waals surface area contributed by atoms with E-state index in [-0.39, 0.29) is 18.6 Å². The quantitative estimate of drug-likeness (QED) is 0.763. The normalized spacial score (nSPS) is 14.9. The minimum absolute atomic E-state index is 0.115. The van der Waals surface area contributed by atoms with Crippen LogP contribution in [0.2, 0.25) is 0 Å². The number of nitrogens with zero attached hydrogens (tertiary/aromatic N) is 2. The molecule has 1 unspecified atom stereocenters. The molecule has 1 amide bonds. The molecule has 1 saturated heterocycles. The second-order valence-corrected chi connectivity index (χ2v) is 6.73. The van der Waals surface area contributed by atoms with Crippen LogP contribution in [0.4, 0.5) is 0 Å². The molecule has 0 radical (unpaired) electrons. The zero-order valence-corrected chi connectivity index (χ0v) is 16.1. The Labute approximate surface area is 165 Å². The Balaban J connectivity index is 1.59. The van der Waals surface area contributed by atoms with Crippen LogP contribution in [0, 0.1) is 11.3 Å². The number of amides is 1. The van der Waals surface area contributed by atoms with Crippen molar-refractivity contribution in [3.63, 3.8) is 0 Å². The summed E-state index contributed by atoms with van der Waals surface area (Å²) in [5.74, 6) is 1.04. The third-order valence-corrected chi connectivity index (χ3v) is 4.94. The number of hydrogen-bond acceptors (Lipinski definition) is 5. The standard InChI is InChI=1S/C22H25N3O3/c1-27-19-10-8-17(9-11-19)20(25-12-4-5-13-25)15-24-22(26)16-28-21-7-3-2-6-18(21)14-23/h2-3,6-11,20H,4-5,12-13,15-16H2,1H3,(H,24,26). The summed E-state index contributed by atoms with van der Waals surface area (Å²) in [7, 11) is 1.65. The molecule has 6 nitrogen and oxygen atoms in total. The third kappa shape index (κ3) is 5.02. The lowest BCUT2D eigenvalue weighted by Gasteiger charge is -2.28. The Morgan fingerprint density at radius 3 is 2.57 bits per heavy atom. The number of nitrogens with one attached hydrogen (secondary N) is 1. The molecule has 1 heterocycles. The highest BCUT2D eigenvalue weighted by Gasteiger charge is 2.24. The van der Waals surface area contributed by atoms with Crippen LogP contribution in [0.25, 0.3) is 0 Å². The Hall–Kier alpha value is -3.04. The van der Waals surface area contributed by atoms with Gasteiger partial charge in [0.05, 0.1) is 18.7 Å². The molecule has 1 aliphatic rings. The van der Waals surface area contributed by atoms with E-state index in [1.807, 2.05) is 24.3 Å². The molecule has 0 spiro atoms. The van der Waals surface area contributed by atoms with E-state index in [9.17, 15) is 4.79 Å². The second kappa shape index (κ2) is 9.77. The number of ether oxygens (including phenoxy) is 2. The van der Waals surface area contributed by atoms with E-state index >= 15 is 0 Å². The van der Waals surface area contributed by atoms with Crippen LogP contribution in [0.1, 0.15) is 30.0 Å². The number of hydrogen-bond donors (Lipinski definition) is 1. The molecular weight excluding hydrogens is 354 g/mol. The summed E-state index contributed by atoms with van der Waals surface area (Å²) in [6, 6.07) is 17.1. The predicted molar refractivity (Wildman–Crippen MR) is 106 cm³/mol. The van der Waals surface area contributed by atoms with E-state index in [1.165, 1.54) is 12.8 Å². The average molecular weight is 379 g/mol. The Morgan fingerprint density at radius 1 is 1.18 bits per heavy atom. The fraction of sp³-hybridized carbons (Fsp3) is 0.364. The molecule has 3 rings (SSSR count). The van der Waals surface area contributed by atoms with Gasteiger partial charge in [0.1, 0.15) is 17.6 Å². The minimum atomic E-state index is -0.203. The first-order chi connectivity index (χ1) is 13.7. The molecule has 6 heteroatoms. The van der Waals surface area contributed by atoms with Crippen molar-refractivity contribution in [2.24, 2.45) is 0 Å². The van der Waals surface area contributed by atoms with Gasteiger partial charge in [0.15, 0.2) is 6.61 Å². The fourth-order valence-electron chi connectivity index (χ4n) is 3.43. The molecule has 28 heavy (non-hydrogen) atoms. The molecule has 2 aromatic rings. The van der Waals surface area contributed by atoms with Crippen LogP contribution >= 0.6 is 0 Å². The number of methoxy groups -OCH3 is 1. The van der Waals surface area contributed by atoms with Crippen molar-refractivity contribution in [2.75, 3.05) is 33.4 Å². The number of rotatable bonds is 8. The Morgan fingerprint density at radius 2 is 1.89 bits per heavy atom. The third-order valence-electron chi connectivity index (χ3n) is 4.94. The van der Waals surface area contributed by atoms with E-state index < -0.39 is 0 Å². The minimum Gasteiger partial charge on any atom is -0.497 e. The van der Waals surface area contributed by atoms with Crippen LogP contribution in [0.5, 0.6) is 11.5 Å². The smallest absolute Gasteiger partial charge is 0.258 e. The van der Waals surface area contributed by atoms with Gasteiger partial charge in [0.2, 0.25) is 0 Å². The SMILES string of the molecule is COc1ccc(C(CNC(=O)COc2ccccc2C#N)N2CCCC2)cc1. The highest BCUT2D eigenvalue weighted by atomic mass is 16.5. The van der Waals surface area contributed by atoms with E-state index in [4.69, 9.17) is 14.7 Å². The molecule has 1 aliphatic heterocycles. The first-order valence-electron chi connectivity index (χ1n) is 9.48. The summed E-state index contributed by atoms with van der Waals surface area (Å²) in [5.41, 5.74) is 1.57. The summed E-state index contributed by atoms with van der Waals surface area (Å²) in [6.07, 6.45) is 2.35. The molecule has 0 aromatic heterocycles. The molecular formula is C22H25N3O3. The molecule has 0 saturated carbocycles. The van der Waals surface area contributed by atoms with Gasteiger partial charge in [-0.05, 0) is 55.8 Å². The van der Waals surface area contributed by atoms with Gasteiger partial charge < -0.3 is 14.8 Å². The summed E-state index contributed by atoms with van der Waals surface area (Å²) >= 11 is 0. The largest absolute Gasteiger partial charge is 0.497 e. The van der Waals surface area contributed by atoms with Gasteiger partial charge in [-0.25, -0.2) is 0 Å². The van der Waals surface area contributed by atoms with Gasteiger partial charge in [-0.1, -0.05) is 24.3 Å². The Kier molecular flexibility index (Phi) is 6.88. The van der Waals surface area contributed by atoms with Gasteiger partial charge in [0, 0.05) is 6.54 Å². The monoisotopic (exact) mass is 379 g/mol. The van der Waals surface area contributed by atoms with Crippen LogP contribution in [-0.4, -0.2) is 44.2 Å². The maximum Gasteiger partial charge on any atom is 0.258 e. The van der Waals surface area contributed by atoms with Gasteiger partial charge in [-0.2, -0.15) is 5.26 Å². The van der Waals surface area contributed by atoms with Crippen LogP contribution < -0.4 is 14.8 Å². The highest BCUT2D eigenvalue weighted by Crippen LogP contribution is 2.26. The van der Waals surface area contributed by atoms with Gasteiger partial charge in [-0.15, -0.1) is 0 Å². The summed E-state index contributed by atoms with van der Waals surface area (Å²) in [6.45, 7) is 2.44. The number of carbonyl (C=O) groups is 1. The topological polar surface area (TPSA) is 74.6 Å². The number of benzene rings is 2. The summed E-state index contributed by atoms with van der Waals surface area (Å²) in [4.78, 5) is 14.7. The van der Waals surface area contributed by atoms with Crippen LogP contribution in [-0.2, 0) is 4.79 Å². The summed E-state index contributed by atoms with van der Waals surface area (Å²) in [5, 5.41) is 12.1. The predicted octanol–water partition coefficient (Wildman–Crippen LogP) is 2.90. The van der Waals surface area contributed by atoms with E-state index in [1.54, 1.807) is 31.4 Å². The van der Waals surface area contributed by atoms with E-state index in [0.717, 1.165) is 24.4 Å². The molecule has 0 bridgehead atoms. The number of para-hydroxylation sites is 1. The lowest BCUT2D eigenvalue weighted by Crippen LogP contribution is -2.38. The molecule has 0 aliphatic carbocycles.